The van der Waals surface area contributed by atoms with Crippen molar-refractivity contribution >= 4 is 16.1 Å². The molecule has 0 saturated carbocycles. The number of ether oxygens (including phenoxy) is 1. The zero-order valence-corrected chi connectivity index (χ0v) is 12.5. The molecule has 6 nitrogen and oxygen atoms in total. The van der Waals surface area contributed by atoms with Crippen molar-refractivity contribution in [2.45, 2.75) is 39.3 Å². The lowest BCUT2D eigenvalue weighted by Crippen LogP contribution is -2.55. The molecule has 1 amide bonds. The number of hydrogen-bond acceptors (Lipinski definition) is 4. The van der Waals surface area contributed by atoms with Crippen LogP contribution < -0.4 is 0 Å². The average Bonchev–Trinajstić information content (AvgIpc) is 2.12. The Bertz CT molecular complexity index is 413. The summed E-state index contributed by atoms with van der Waals surface area (Å²) in [6.45, 7) is 8.26. The quantitative estimate of drug-likeness (QED) is 0.714. The summed E-state index contributed by atoms with van der Waals surface area (Å²) in [6.07, 6.45) is 0.801. The highest BCUT2D eigenvalue weighted by Gasteiger charge is 2.33. The van der Waals surface area contributed by atoms with Crippen LogP contribution in [0.2, 0.25) is 0 Å². The molecule has 0 aliphatic carbocycles. The Kier molecular flexibility index (Phi) is 4.27. The number of nitrogens with zero attached hydrogens (tertiary/aromatic N) is 2. The van der Waals surface area contributed by atoms with Gasteiger partial charge in [0.25, 0.3) is 0 Å². The summed E-state index contributed by atoms with van der Waals surface area (Å²) in [6, 6.07) is -0.221. The van der Waals surface area contributed by atoms with Crippen molar-refractivity contribution in [3.8, 4) is 0 Å². The van der Waals surface area contributed by atoms with Gasteiger partial charge in [-0.05, 0) is 27.7 Å². The lowest BCUT2D eigenvalue weighted by molar-refractivity contribution is 0.0144. The highest BCUT2D eigenvalue weighted by Crippen LogP contribution is 2.16. The number of carbonyl (C=O) groups is 1. The van der Waals surface area contributed by atoms with Crippen LogP contribution in [-0.4, -0.2) is 61.2 Å². The van der Waals surface area contributed by atoms with Gasteiger partial charge < -0.3 is 9.64 Å². The second kappa shape index (κ2) is 5.05. The van der Waals surface area contributed by atoms with Crippen LogP contribution in [0, 0.1) is 0 Å². The first kappa shape index (κ1) is 15.2. The summed E-state index contributed by atoms with van der Waals surface area (Å²) in [4.78, 5) is 13.4. The van der Waals surface area contributed by atoms with Crippen LogP contribution in [0.15, 0.2) is 0 Å². The van der Waals surface area contributed by atoms with Crippen LogP contribution in [0.5, 0.6) is 0 Å². The predicted octanol–water partition coefficient (Wildman–Crippen LogP) is 0.887. The highest BCUT2D eigenvalue weighted by atomic mass is 32.2. The van der Waals surface area contributed by atoms with Crippen LogP contribution >= 0.6 is 0 Å². The molecule has 0 N–H and O–H groups in total. The first-order valence-corrected chi connectivity index (χ1v) is 7.80. The molecule has 1 aliphatic rings. The zero-order chi connectivity index (χ0) is 14.1. The molecule has 1 rings (SSSR count). The van der Waals surface area contributed by atoms with Gasteiger partial charge in [0.1, 0.15) is 5.60 Å². The highest BCUT2D eigenvalue weighted by molar-refractivity contribution is 7.88. The maximum atomic E-state index is 11.9. The molecule has 1 unspecified atom stereocenters. The summed E-state index contributed by atoms with van der Waals surface area (Å²) in [5, 5.41) is 0. The third-order valence-corrected chi connectivity index (χ3v) is 4.04. The van der Waals surface area contributed by atoms with Gasteiger partial charge >= 0.3 is 6.09 Å². The Hall–Kier alpha value is -0.820. The summed E-state index contributed by atoms with van der Waals surface area (Å²) in [7, 11) is -3.20. The van der Waals surface area contributed by atoms with Crippen LogP contribution in [-0.2, 0) is 14.8 Å². The fourth-order valence-electron chi connectivity index (χ4n) is 1.93. The van der Waals surface area contributed by atoms with Crippen molar-refractivity contribution < 1.29 is 17.9 Å². The first-order chi connectivity index (χ1) is 8.00. The van der Waals surface area contributed by atoms with Gasteiger partial charge in [-0.3, -0.25) is 0 Å². The Morgan fingerprint density at radius 1 is 1.28 bits per heavy atom. The average molecular weight is 278 g/mol. The van der Waals surface area contributed by atoms with E-state index in [2.05, 4.69) is 0 Å². The van der Waals surface area contributed by atoms with E-state index < -0.39 is 15.6 Å². The smallest absolute Gasteiger partial charge is 0.410 e. The maximum absolute atomic E-state index is 11.9. The lowest BCUT2D eigenvalue weighted by Gasteiger charge is -2.38. The fraction of sp³-hybridized carbons (Fsp3) is 0.909. The van der Waals surface area contributed by atoms with Crippen molar-refractivity contribution in [1.82, 2.24) is 9.21 Å². The maximum Gasteiger partial charge on any atom is 0.410 e. The molecular weight excluding hydrogens is 256 g/mol. The molecule has 0 bridgehead atoms. The van der Waals surface area contributed by atoms with E-state index in [1.807, 2.05) is 0 Å². The van der Waals surface area contributed by atoms with Gasteiger partial charge in [0, 0.05) is 25.7 Å². The molecule has 1 fully saturated rings. The Morgan fingerprint density at radius 3 is 2.22 bits per heavy atom. The number of hydrogen-bond donors (Lipinski definition) is 0. The van der Waals surface area contributed by atoms with E-state index in [1.165, 1.54) is 10.6 Å². The minimum absolute atomic E-state index is 0.221. The van der Waals surface area contributed by atoms with Crippen LogP contribution in [0.4, 0.5) is 4.79 Å². The molecule has 0 aromatic rings. The summed E-state index contributed by atoms with van der Waals surface area (Å²) >= 11 is 0. The van der Waals surface area contributed by atoms with E-state index in [4.69, 9.17) is 4.74 Å². The standard InChI is InChI=1S/C11H22N2O4S/c1-9-8-12(10(14)17-11(2,3)4)6-7-13(9)18(5,15)16/h9H,6-8H2,1-5H3. The van der Waals surface area contributed by atoms with Crippen LogP contribution in [0.3, 0.4) is 0 Å². The molecule has 0 aromatic heterocycles. The second-order valence-electron chi connectivity index (χ2n) is 5.65. The molecule has 0 aromatic carbocycles. The lowest BCUT2D eigenvalue weighted by atomic mass is 10.2. The van der Waals surface area contributed by atoms with E-state index >= 15 is 0 Å². The van der Waals surface area contributed by atoms with Crippen molar-refractivity contribution in [3.05, 3.63) is 0 Å². The van der Waals surface area contributed by atoms with Crippen LogP contribution in [0.25, 0.3) is 0 Å². The molecule has 1 saturated heterocycles. The van der Waals surface area contributed by atoms with Gasteiger partial charge in [-0.25, -0.2) is 13.2 Å². The third kappa shape index (κ3) is 4.13. The topological polar surface area (TPSA) is 66.9 Å². The fourth-order valence-corrected chi connectivity index (χ4v) is 3.06. The molecule has 7 heteroatoms. The molecule has 18 heavy (non-hydrogen) atoms. The number of amides is 1. The van der Waals surface area contributed by atoms with Gasteiger partial charge in [-0.15, -0.1) is 0 Å². The summed E-state index contributed by atoms with van der Waals surface area (Å²) in [5.41, 5.74) is -0.533. The van der Waals surface area contributed by atoms with Gasteiger partial charge in [-0.2, -0.15) is 4.31 Å². The number of rotatable bonds is 1. The van der Waals surface area contributed by atoms with E-state index in [0.29, 0.717) is 19.6 Å². The summed E-state index contributed by atoms with van der Waals surface area (Å²) < 4.78 is 29.7. The first-order valence-electron chi connectivity index (χ1n) is 5.95. The Morgan fingerprint density at radius 2 is 1.83 bits per heavy atom. The number of piperazine rings is 1. The Labute approximate surface area is 109 Å². The monoisotopic (exact) mass is 278 g/mol. The largest absolute Gasteiger partial charge is 0.444 e. The van der Waals surface area contributed by atoms with Gasteiger partial charge in [0.05, 0.1) is 6.26 Å². The van der Waals surface area contributed by atoms with E-state index in [-0.39, 0.29) is 12.1 Å². The van der Waals surface area contributed by atoms with Gasteiger partial charge in [0.15, 0.2) is 0 Å². The molecule has 1 heterocycles. The zero-order valence-electron chi connectivity index (χ0n) is 11.6. The molecule has 0 radical (unpaired) electrons. The second-order valence-corrected chi connectivity index (χ2v) is 7.58. The minimum Gasteiger partial charge on any atom is -0.444 e. The predicted molar refractivity (Wildman–Crippen MR) is 68.8 cm³/mol. The molecule has 1 atom stereocenters. The Balaban J connectivity index is 2.64. The molecule has 1 aliphatic heterocycles. The molecule has 106 valence electrons. The van der Waals surface area contributed by atoms with Crippen LogP contribution in [0.1, 0.15) is 27.7 Å². The van der Waals surface area contributed by atoms with E-state index in [1.54, 1.807) is 32.6 Å². The number of carbonyl (C=O) groups excluding carboxylic acids is 1. The molecule has 0 spiro atoms. The summed E-state index contributed by atoms with van der Waals surface area (Å²) in [5.74, 6) is 0. The van der Waals surface area contributed by atoms with Gasteiger partial charge in [0.2, 0.25) is 10.0 Å². The molecular formula is C11H22N2O4S. The van der Waals surface area contributed by atoms with Crippen molar-refractivity contribution in [3.63, 3.8) is 0 Å². The number of sulfonamides is 1. The van der Waals surface area contributed by atoms with Crippen molar-refractivity contribution in [1.29, 1.82) is 0 Å². The SMILES string of the molecule is CC1CN(C(=O)OC(C)(C)C)CCN1S(C)(=O)=O. The van der Waals surface area contributed by atoms with Crippen molar-refractivity contribution in [2.75, 3.05) is 25.9 Å². The normalized spacial score (nSPS) is 22.9. The third-order valence-electron chi connectivity index (χ3n) is 2.64. The van der Waals surface area contributed by atoms with Gasteiger partial charge in [-0.1, -0.05) is 0 Å². The van der Waals surface area contributed by atoms with E-state index in [0.717, 1.165) is 0 Å². The van der Waals surface area contributed by atoms with Crippen molar-refractivity contribution in [2.24, 2.45) is 0 Å². The van der Waals surface area contributed by atoms with E-state index in [9.17, 15) is 13.2 Å². The minimum atomic E-state index is -3.20.